The number of hydrogen-bond acceptors (Lipinski definition) is 1. The van der Waals surface area contributed by atoms with Crippen molar-refractivity contribution in [1.82, 2.24) is 4.90 Å². The number of rotatable bonds is 1. The molecule has 2 aliphatic rings. The minimum atomic E-state index is 0.829. The fourth-order valence-corrected chi connectivity index (χ4v) is 1.93. The van der Waals surface area contributed by atoms with Crippen molar-refractivity contribution < 1.29 is 4.48 Å². The van der Waals surface area contributed by atoms with Gasteiger partial charge in [0, 0.05) is 6.04 Å². The number of quaternary nitrogens is 1. The van der Waals surface area contributed by atoms with Crippen LogP contribution in [0.1, 0.15) is 19.8 Å². The first-order chi connectivity index (χ1) is 5.09. The van der Waals surface area contributed by atoms with Crippen LogP contribution < -0.4 is 0 Å². The Morgan fingerprint density at radius 2 is 1.91 bits per heavy atom. The van der Waals surface area contributed by atoms with Gasteiger partial charge in [-0.1, -0.05) is 0 Å². The first-order valence-corrected chi connectivity index (χ1v) is 4.66. The normalized spacial score (nSPS) is 37.9. The van der Waals surface area contributed by atoms with Gasteiger partial charge in [0.05, 0.1) is 26.7 Å². The van der Waals surface area contributed by atoms with Crippen LogP contribution in [0, 0.1) is 0 Å². The summed E-state index contributed by atoms with van der Waals surface area (Å²) in [6, 6.07) is 1.79. The molecule has 1 heterocycles. The van der Waals surface area contributed by atoms with E-state index in [0.717, 1.165) is 12.1 Å². The fourth-order valence-electron chi connectivity index (χ4n) is 1.93. The standard InChI is InChI=1S/C9H19N2/c1-8-6-10(9-4-5-9)7-11(8,2)3/h8-9H,4-7H2,1-3H3/q+1. The smallest absolute Gasteiger partial charge is 0.135 e. The Bertz CT molecular complexity index is 161. The van der Waals surface area contributed by atoms with Crippen LogP contribution in [0.25, 0.3) is 0 Å². The maximum absolute atomic E-state index is 2.66. The zero-order valence-electron chi connectivity index (χ0n) is 7.88. The van der Waals surface area contributed by atoms with Crippen LogP contribution in [0.15, 0.2) is 0 Å². The molecule has 0 radical (unpaired) electrons. The molecule has 0 N–H and O–H groups in total. The van der Waals surface area contributed by atoms with Crippen LogP contribution in [0.5, 0.6) is 0 Å². The van der Waals surface area contributed by atoms with Crippen LogP contribution in [0.4, 0.5) is 0 Å². The minimum Gasteiger partial charge on any atom is -0.313 e. The SMILES string of the molecule is CC1CN(C2CC2)C[N+]1(C)C. The van der Waals surface area contributed by atoms with Gasteiger partial charge in [0.15, 0.2) is 0 Å². The Balaban J connectivity index is 1.99. The molecule has 1 atom stereocenters. The van der Waals surface area contributed by atoms with Gasteiger partial charge in [-0.05, 0) is 19.8 Å². The lowest BCUT2D eigenvalue weighted by Gasteiger charge is -2.28. The highest BCUT2D eigenvalue weighted by molar-refractivity contribution is 4.86. The summed E-state index contributed by atoms with van der Waals surface area (Å²) in [6.07, 6.45) is 2.90. The predicted molar refractivity (Wildman–Crippen MR) is 46.2 cm³/mol. The highest BCUT2D eigenvalue weighted by Crippen LogP contribution is 2.31. The van der Waals surface area contributed by atoms with Gasteiger partial charge in [0.2, 0.25) is 0 Å². The number of likely N-dealkylation sites (N-methyl/N-ethyl adjacent to an activating group) is 1. The second-order valence-electron chi connectivity index (χ2n) is 4.77. The van der Waals surface area contributed by atoms with Gasteiger partial charge < -0.3 is 4.48 Å². The molecule has 2 rings (SSSR count). The number of nitrogens with zero attached hydrogens (tertiary/aromatic N) is 2. The van der Waals surface area contributed by atoms with E-state index >= 15 is 0 Å². The molecule has 11 heavy (non-hydrogen) atoms. The third kappa shape index (κ3) is 1.30. The van der Waals surface area contributed by atoms with Gasteiger partial charge in [-0.3, -0.25) is 0 Å². The zero-order chi connectivity index (χ0) is 8.06. The molecule has 64 valence electrons. The van der Waals surface area contributed by atoms with Gasteiger partial charge in [-0.25, -0.2) is 4.90 Å². The molecule has 1 saturated heterocycles. The van der Waals surface area contributed by atoms with Crippen molar-refractivity contribution >= 4 is 0 Å². The van der Waals surface area contributed by atoms with Gasteiger partial charge >= 0.3 is 0 Å². The van der Waals surface area contributed by atoms with Gasteiger partial charge in [0.1, 0.15) is 6.67 Å². The lowest BCUT2D eigenvalue weighted by molar-refractivity contribution is -0.903. The summed E-state index contributed by atoms with van der Waals surface area (Å²) in [6.45, 7) is 4.95. The maximum Gasteiger partial charge on any atom is 0.135 e. The van der Waals surface area contributed by atoms with E-state index in [4.69, 9.17) is 0 Å². The monoisotopic (exact) mass is 155 g/mol. The molecule has 0 bridgehead atoms. The molecule has 0 aromatic heterocycles. The van der Waals surface area contributed by atoms with E-state index in [-0.39, 0.29) is 0 Å². The second kappa shape index (κ2) is 2.20. The van der Waals surface area contributed by atoms with Crippen molar-refractivity contribution in [3.8, 4) is 0 Å². The average Bonchev–Trinajstić information content (AvgIpc) is 2.63. The third-order valence-electron chi connectivity index (χ3n) is 3.30. The lowest BCUT2D eigenvalue weighted by atomic mass is 10.3. The minimum absolute atomic E-state index is 0.829. The predicted octanol–water partition coefficient (Wildman–Crippen LogP) is 0.887. The molecule has 1 aliphatic heterocycles. The number of hydrogen-bond donors (Lipinski definition) is 0. The molecule has 1 saturated carbocycles. The molecule has 0 amide bonds. The van der Waals surface area contributed by atoms with Crippen molar-refractivity contribution in [2.24, 2.45) is 0 Å². The fraction of sp³-hybridized carbons (Fsp3) is 1.00. The van der Waals surface area contributed by atoms with E-state index in [2.05, 4.69) is 25.9 Å². The molecule has 2 fully saturated rings. The third-order valence-corrected chi connectivity index (χ3v) is 3.30. The first-order valence-electron chi connectivity index (χ1n) is 4.66. The Labute approximate surface area is 69.4 Å². The van der Waals surface area contributed by atoms with E-state index in [1.807, 2.05) is 0 Å². The molecule has 0 aromatic carbocycles. The molecule has 0 aromatic rings. The van der Waals surface area contributed by atoms with Crippen LogP contribution in [-0.4, -0.2) is 48.8 Å². The average molecular weight is 155 g/mol. The Morgan fingerprint density at radius 3 is 2.27 bits per heavy atom. The van der Waals surface area contributed by atoms with Crippen LogP contribution in [0.3, 0.4) is 0 Å². The van der Waals surface area contributed by atoms with Crippen LogP contribution in [0.2, 0.25) is 0 Å². The van der Waals surface area contributed by atoms with Crippen LogP contribution in [-0.2, 0) is 0 Å². The molecule has 1 unspecified atom stereocenters. The quantitative estimate of drug-likeness (QED) is 0.508. The summed E-state index contributed by atoms with van der Waals surface area (Å²) in [5, 5.41) is 0. The maximum atomic E-state index is 2.66. The molecule has 1 aliphatic carbocycles. The first kappa shape index (κ1) is 7.56. The Hall–Kier alpha value is -0.0800. The largest absolute Gasteiger partial charge is 0.313 e. The van der Waals surface area contributed by atoms with Crippen molar-refractivity contribution in [3.05, 3.63) is 0 Å². The molecular weight excluding hydrogens is 136 g/mol. The van der Waals surface area contributed by atoms with Crippen molar-refractivity contribution in [3.63, 3.8) is 0 Å². The summed E-state index contributed by atoms with van der Waals surface area (Å²) in [5.41, 5.74) is 0. The zero-order valence-corrected chi connectivity index (χ0v) is 7.88. The summed E-state index contributed by atoms with van der Waals surface area (Å²) in [5.74, 6) is 0. The highest BCUT2D eigenvalue weighted by atomic mass is 15.5. The molecule has 2 heteroatoms. The van der Waals surface area contributed by atoms with E-state index < -0.39 is 0 Å². The van der Waals surface area contributed by atoms with Gasteiger partial charge in [0.25, 0.3) is 0 Å². The van der Waals surface area contributed by atoms with E-state index in [1.54, 1.807) is 0 Å². The van der Waals surface area contributed by atoms with E-state index in [0.29, 0.717) is 0 Å². The molecule has 0 spiro atoms. The van der Waals surface area contributed by atoms with E-state index in [1.165, 1.54) is 30.5 Å². The summed E-state index contributed by atoms with van der Waals surface area (Å²) in [7, 11) is 4.68. The van der Waals surface area contributed by atoms with Crippen molar-refractivity contribution in [2.45, 2.75) is 31.8 Å². The summed E-state index contributed by atoms with van der Waals surface area (Å²) in [4.78, 5) is 2.66. The molecule has 2 nitrogen and oxygen atoms in total. The highest BCUT2D eigenvalue weighted by Gasteiger charge is 2.42. The summed E-state index contributed by atoms with van der Waals surface area (Å²) < 4.78 is 1.19. The lowest BCUT2D eigenvalue weighted by Crippen LogP contribution is -2.43. The van der Waals surface area contributed by atoms with Gasteiger partial charge in [-0.2, -0.15) is 0 Å². The van der Waals surface area contributed by atoms with Gasteiger partial charge in [-0.15, -0.1) is 0 Å². The Kier molecular flexibility index (Phi) is 1.52. The van der Waals surface area contributed by atoms with E-state index in [9.17, 15) is 0 Å². The van der Waals surface area contributed by atoms with Crippen molar-refractivity contribution in [2.75, 3.05) is 27.3 Å². The Morgan fingerprint density at radius 1 is 1.27 bits per heavy atom. The molecular formula is C9H19N2+. The second-order valence-corrected chi connectivity index (χ2v) is 4.77. The van der Waals surface area contributed by atoms with Crippen molar-refractivity contribution in [1.29, 1.82) is 0 Å². The van der Waals surface area contributed by atoms with Crippen LogP contribution >= 0.6 is 0 Å². The topological polar surface area (TPSA) is 3.24 Å². The summed E-state index contributed by atoms with van der Waals surface area (Å²) >= 11 is 0.